The summed E-state index contributed by atoms with van der Waals surface area (Å²) in [5.41, 5.74) is 12.2. The number of hydroxylamine groups is 4. The van der Waals surface area contributed by atoms with E-state index in [0.29, 0.717) is 21.3 Å². The van der Waals surface area contributed by atoms with Gasteiger partial charge in [-0.15, -0.1) is 8.57 Å². The van der Waals surface area contributed by atoms with Gasteiger partial charge < -0.3 is 30.1 Å². The van der Waals surface area contributed by atoms with Crippen molar-refractivity contribution < 1.29 is 45.0 Å². The van der Waals surface area contributed by atoms with Gasteiger partial charge in [0.25, 0.3) is 0 Å². The van der Waals surface area contributed by atoms with Crippen LogP contribution in [0.2, 0.25) is 36.3 Å². The first kappa shape index (κ1) is 37.0. The van der Waals surface area contributed by atoms with E-state index in [1.807, 2.05) is 26.2 Å². The Morgan fingerprint density at radius 2 is 1.06 bits per heavy atom. The highest BCUT2D eigenvalue weighted by atomic mass is 32.3. The second kappa shape index (κ2) is 12.3. The average molecular weight is 717 g/mol. The minimum Gasteiger partial charge on any atom is -0.413 e. The van der Waals surface area contributed by atoms with Crippen molar-refractivity contribution in [3.63, 3.8) is 0 Å². The molecule has 47 heavy (non-hydrogen) atoms. The molecule has 0 radical (unpaired) electrons. The van der Waals surface area contributed by atoms with Crippen LogP contribution in [0.4, 0.5) is 9.59 Å². The lowest BCUT2D eigenvalue weighted by molar-refractivity contribution is -0.122. The number of nitrogens with zero attached hydrogens (tertiary/aromatic N) is 4. The van der Waals surface area contributed by atoms with Crippen LogP contribution < -0.4 is 11.5 Å². The Hall–Kier alpha value is -2.82. The van der Waals surface area contributed by atoms with Crippen molar-refractivity contribution in [2.24, 2.45) is 11.5 Å². The van der Waals surface area contributed by atoms with E-state index in [4.69, 9.17) is 28.9 Å². The minimum absolute atomic E-state index is 0.0100. The van der Waals surface area contributed by atoms with Gasteiger partial charge in [0.1, 0.15) is 12.1 Å². The molecular formula is C28H48N6O10SSi2. The summed E-state index contributed by atoms with van der Waals surface area (Å²) in [7, 11) is -9.63. The maximum Gasteiger partial charge on any atom is 0.442 e. The van der Waals surface area contributed by atoms with Crippen LogP contribution in [0.25, 0.3) is 0 Å². The normalized spacial score (nSPS) is 25.4. The predicted molar refractivity (Wildman–Crippen MR) is 175 cm³/mol. The number of nitrogens with two attached hydrogens (primary N) is 2. The molecule has 2 fully saturated rings. The van der Waals surface area contributed by atoms with Crippen molar-refractivity contribution in [2.45, 2.75) is 102 Å². The van der Waals surface area contributed by atoms with Crippen LogP contribution in [0.1, 0.15) is 41.5 Å². The van der Waals surface area contributed by atoms with E-state index in [-0.39, 0.29) is 36.4 Å². The fraction of sp³-hybridized carbons (Fsp3) is 0.714. The maximum absolute atomic E-state index is 13.3. The van der Waals surface area contributed by atoms with Gasteiger partial charge in [0.15, 0.2) is 16.6 Å². The van der Waals surface area contributed by atoms with Crippen molar-refractivity contribution in [1.29, 1.82) is 0 Å². The number of hydrogen-bond acceptors (Lipinski definition) is 10. The minimum atomic E-state index is -5.09. The van der Waals surface area contributed by atoms with Gasteiger partial charge in [0, 0.05) is 0 Å². The molecule has 0 saturated carbocycles. The summed E-state index contributed by atoms with van der Waals surface area (Å²) in [6.07, 6.45) is 3.07. The smallest absolute Gasteiger partial charge is 0.413 e. The lowest BCUT2D eigenvalue weighted by Crippen LogP contribution is -2.50. The van der Waals surface area contributed by atoms with E-state index >= 15 is 0 Å². The van der Waals surface area contributed by atoms with Crippen LogP contribution in [0.3, 0.4) is 0 Å². The number of hydrogen-bond donors (Lipinski definition) is 2. The SMILES string of the molecule is CC(C)(C)[Si](C)(C)OCC1=CC2CN(C(=O)N2OS(=O)(=O)ON2C(=O)N3CC2C=C(CO[Si](C)(C)C(C)(C)C)C3C(N)=O)C1C(N)=O. The topological polar surface area (TPSA) is 204 Å². The van der Waals surface area contributed by atoms with Crippen LogP contribution in [-0.4, -0.2) is 119 Å². The number of rotatable bonds is 12. The van der Waals surface area contributed by atoms with Crippen LogP contribution in [0.5, 0.6) is 0 Å². The van der Waals surface area contributed by atoms with Gasteiger partial charge in [0.05, 0.1) is 38.4 Å². The van der Waals surface area contributed by atoms with Crippen molar-refractivity contribution in [2.75, 3.05) is 26.3 Å². The third-order valence-corrected chi connectivity index (χ3v) is 19.7. The molecule has 4 unspecified atom stereocenters. The molecule has 4 aliphatic rings. The summed E-state index contributed by atoms with van der Waals surface area (Å²) in [6.45, 7) is 20.3. The van der Waals surface area contributed by atoms with Gasteiger partial charge in [-0.2, -0.15) is 18.5 Å². The third-order valence-electron chi connectivity index (χ3n) is 10.1. The molecule has 0 aromatic carbocycles. The number of urea groups is 2. The summed E-state index contributed by atoms with van der Waals surface area (Å²) in [5, 5.41) is 0.872. The van der Waals surface area contributed by atoms with E-state index in [2.05, 4.69) is 41.5 Å². The summed E-state index contributed by atoms with van der Waals surface area (Å²) in [4.78, 5) is 53.8. The van der Waals surface area contributed by atoms with Gasteiger partial charge in [-0.05, 0) is 47.4 Å². The lowest BCUT2D eigenvalue weighted by Gasteiger charge is -2.38. The molecule has 0 aromatic rings. The van der Waals surface area contributed by atoms with E-state index in [1.54, 1.807) is 0 Å². The van der Waals surface area contributed by atoms with E-state index in [9.17, 15) is 27.6 Å². The van der Waals surface area contributed by atoms with Crippen molar-refractivity contribution in [1.82, 2.24) is 19.9 Å². The Morgan fingerprint density at radius 3 is 1.34 bits per heavy atom. The van der Waals surface area contributed by atoms with Crippen LogP contribution in [0.15, 0.2) is 23.3 Å². The predicted octanol–water partition coefficient (Wildman–Crippen LogP) is 1.94. The molecule has 0 aliphatic carbocycles. The van der Waals surface area contributed by atoms with E-state index < -0.39 is 75.1 Å². The number of carbonyl (C=O) groups excluding carboxylic acids is 4. The molecule has 0 aromatic heterocycles. The molecule has 4 atom stereocenters. The molecule has 4 bridgehead atoms. The lowest BCUT2D eigenvalue weighted by atomic mass is 9.99. The highest BCUT2D eigenvalue weighted by Gasteiger charge is 2.53. The molecule has 4 aliphatic heterocycles. The number of carbonyl (C=O) groups is 4. The molecule has 4 N–H and O–H groups in total. The van der Waals surface area contributed by atoms with Crippen LogP contribution in [-0.2, 0) is 37.4 Å². The van der Waals surface area contributed by atoms with Gasteiger partial charge >= 0.3 is 22.5 Å². The van der Waals surface area contributed by atoms with Gasteiger partial charge in [-0.1, -0.05) is 53.7 Å². The average Bonchev–Trinajstić information content (AvgIpc) is 3.28. The first-order valence-corrected chi connectivity index (χ1v) is 22.5. The molecule has 264 valence electrons. The van der Waals surface area contributed by atoms with Gasteiger partial charge in [-0.25, -0.2) is 9.59 Å². The first-order chi connectivity index (χ1) is 21.3. The molecular weight excluding hydrogens is 669 g/mol. The number of amides is 6. The third kappa shape index (κ3) is 7.15. The van der Waals surface area contributed by atoms with Crippen molar-refractivity contribution in [3.05, 3.63) is 23.3 Å². The summed E-state index contributed by atoms with van der Waals surface area (Å²) >= 11 is 0. The fourth-order valence-corrected chi connectivity index (χ4v) is 7.96. The zero-order chi connectivity index (χ0) is 35.7. The molecule has 4 rings (SSSR count). The Labute approximate surface area is 278 Å². The van der Waals surface area contributed by atoms with Gasteiger partial charge in [0.2, 0.25) is 11.8 Å². The number of primary amides is 2. The standard InChI is InChI=1S/C28H48N6O10SSi2/c1-27(2,3)46(7,8)41-15-17-11-19-13-31(21(17)23(29)35)25(37)33(19)43-45(39,40)44-34-20-12-18(16-42-47(9,10)28(4,5)6)22(24(30)36)32(14-20)26(34)38/h11-12,19-22H,13-16H2,1-10H3,(H2,29,35)(H2,30,36). The van der Waals surface area contributed by atoms with E-state index in [0.717, 1.165) is 9.80 Å². The zero-order valence-electron chi connectivity index (χ0n) is 28.7. The monoisotopic (exact) mass is 716 g/mol. The van der Waals surface area contributed by atoms with Crippen molar-refractivity contribution in [3.8, 4) is 0 Å². The molecule has 0 spiro atoms. The highest BCUT2D eigenvalue weighted by molar-refractivity contribution is 7.81. The Bertz CT molecular complexity index is 1400. The van der Waals surface area contributed by atoms with Crippen molar-refractivity contribution >= 4 is 50.9 Å². The van der Waals surface area contributed by atoms with Gasteiger partial charge in [-0.3, -0.25) is 9.59 Å². The molecule has 6 amide bonds. The van der Waals surface area contributed by atoms with Crippen LogP contribution in [0, 0.1) is 0 Å². The molecule has 4 heterocycles. The Balaban J connectivity index is 1.53. The number of fused-ring (bicyclic) bond motifs is 4. The first-order valence-electron chi connectivity index (χ1n) is 15.4. The Morgan fingerprint density at radius 1 is 0.745 bits per heavy atom. The highest BCUT2D eigenvalue weighted by Crippen LogP contribution is 2.40. The summed E-state index contributed by atoms with van der Waals surface area (Å²) in [6, 6.07) is -6.06. The van der Waals surface area contributed by atoms with Crippen LogP contribution >= 0.6 is 0 Å². The second-order valence-corrected chi connectivity index (χ2v) is 26.1. The second-order valence-electron chi connectivity index (χ2n) is 15.4. The fourth-order valence-electron chi connectivity index (χ4n) is 5.27. The van der Waals surface area contributed by atoms with E-state index in [1.165, 1.54) is 12.2 Å². The zero-order valence-corrected chi connectivity index (χ0v) is 31.5. The summed E-state index contributed by atoms with van der Waals surface area (Å²) < 4.78 is 49.2. The summed E-state index contributed by atoms with van der Waals surface area (Å²) in [5.74, 6) is -1.62. The quantitative estimate of drug-likeness (QED) is 0.222. The largest absolute Gasteiger partial charge is 0.442 e. The molecule has 16 nitrogen and oxygen atoms in total. The maximum atomic E-state index is 13.3. The molecule has 2 saturated heterocycles. The Kier molecular flexibility index (Phi) is 9.65. The molecule has 19 heteroatoms.